The minimum absolute atomic E-state index is 0.107. The Labute approximate surface area is 154 Å². The second kappa shape index (κ2) is 7.60. The summed E-state index contributed by atoms with van der Waals surface area (Å²) >= 11 is 0. The van der Waals surface area contributed by atoms with Crippen molar-refractivity contribution in [3.8, 4) is 0 Å². The van der Waals surface area contributed by atoms with Crippen molar-refractivity contribution in [3.63, 3.8) is 0 Å². The summed E-state index contributed by atoms with van der Waals surface area (Å²) < 4.78 is 25.4. The van der Waals surface area contributed by atoms with Crippen LogP contribution in [0.3, 0.4) is 0 Å². The van der Waals surface area contributed by atoms with E-state index in [9.17, 15) is 13.2 Å². The molecule has 5 nitrogen and oxygen atoms in total. The average Bonchev–Trinajstić information content (AvgIpc) is 2.61. The third-order valence-corrected chi connectivity index (χ3v) is 6.22. The minimum atomic E-state index is -3.50. The van der Waals surface area contributed by atoms with E-state index < -0.39 is 9.84 Å². The van der Waals surface area contributed by atoms with E-state index in [2.05, 4.69) is 5.32 Å². The SMILES string of the molecule is CC1CN(C(=O)c2ccccc2CS(=O)(=O)c2ccccc2)CC(C)N1. The van der Waals surface area contributed by atoms with Crippen LogP contribution in [0.15, 0.2) is 59.5 Å². The second-order valence-electron chi connectivity index (χ2n) is 6.91. The van der Waals surface area contributed by atoms with Crippen LogP contribution in [0.1, 0.15) is 29.8 Å². The lowest BCUT2D eigenvalue weighted by molar-refractivity contribution is 0.0673. The van der Waals surface area contributed by atoms with Crippen LogP contribution in [-0.2, 0) is 15.6 Å². The maximum atomic E-state index is 13.0. The number of rotatable bonds is 4. The molecule has 0 radical (unpaired) electrons. The summed E-state index contributed by atoms with van der Waals surface area (Å²) in [6.07, 6.45) is 0. The number of sulfone groups is 1. The molecule has 138 valence electrons. The zero-order chi connectivity index (χ0) is 18.7. The summed E-state index contributed by atoms with van der Waals surface area (Å²) in [6.45, 7) is 5.31. The van der Waals surface area contributed by atoms with Crippen LogP contribution >= 0.6 is 0 Å². The van der Waals surface area contributed by atoms with Gasteiger partial charge in [-0.1, -0.05) is 36.4 Å². The van der Waals surface area contributed by atoms with E-state index in [-0.39, 0.29) is 28.6 Å². The molecule has 0 spiro atoms. The average molecular weight is 372 g/mol. The van der Waals surface area contributed by atoms with Crippen molar-refractivity contribution in [2.75, 3.05) is 13.1 Å². The van der Waals surface area contributed by atoms with Crippen molar-refractivity contribution >= 4 is 15.7 Å². The smallest absolute Gasteiger partial charge is 0.254 e. The molecule has 2 atom stereocenters. The monoisotopic (exact) mass is 372 g/mol. The topological polar surface area (TPSA) is 66.5 Å². The molecule has 3 rings (SSSR count). The van der Waals surface area contributed by atoms with Crippen LogP contribution in [0.25, 0.3) is 0 Å². The standard InChI is InChI=1S/C20H24N2O3S/c1-15-12-22(13-16(2)21-15)20(23)19-11-7-6-8-17(19)14-26(24,25)18-9-4-3-5-10-18/h3-11,15-16,21H,12-14H2,1-2H3. The highest BCUT2D eigenvalue weighted by Gasteiger charge is 2.27. The number of carbonyl (C=O) groups is 1. The quantitative estimate of drug-likeness (QED) is 0.895. The molecule has 2 unspecified atom stereocenters. The van der Waals surface area contributed by atoms with E-state index in [1.165, 1.54) is 0 Å². The highest BCUT2D eigenvalue weighted by Crippen LogP contribution is 2.21. The number of amides is 1. The Kier molecular flexibility index (Phi) is 5.44. The summed E-state index contributed by atoms with van der Waals surface area (Å²) in [4.78, 5) is 15.1. The van der Waals surface area contributed by atoms with E-state index in [0.29, 0.717) is 24.2 Å². The molecular formula is C20H24N2O3S. The van der Waals surface area contributed by atoms with Gasteiger partial charge in [-0.3, -0.25) is 4.79 Å². The minimum Gasteiger partial charge on any atom is -0.336 e. The van der Waals surface area contributed by atoms with Gasteiger partial charge < -0.3 is 10.2 Å². The molecular weight excluding hydrogens is 348 g/mol. The van der Waals surface area contributed by atoms with E-state index in [1.54, 1.807) is 59.5 Å². The summed E-state index contributed by atoms with van der Waals surface area (Å²) in [5.41, 5.74) is 1.01. The second-order valence-corrected chi connectivity index (χ2v) is 8.90. The van der Waals surface area contributed by atoms with Gasteiger partial charge in [0.2, 0.25) is 0 Å². The maximum absolute atomic E-state index is 13.0. The third-order valence-electron chi connectivity index (χ3n) is 4.54. The molecule has 1 N–H and O–H groups in total. The van der Waals surface area contributed by atoms with Crippen LogP contribution < -0.4 is 5.32 Å². The first-order valence-electron chi connectivity index (χ1n) is 8.78. The van der Waals surface area contributed by atoms with Crippen LogP contribution in [0.2, 0.25) is 0 Å². The molecule has 1 saturated heterocycles. The highest BCUT2D eigenvalue weighted by atomic mass is 32.2. The van der Waals surface area contributed by atoms with Gasteiger partial charge in [0.15, 0.2) is 9.84 Å². The number of piperazine rings is 1. The molecule has 2 aromatic carbocycles. The van der Waals surface area contributed by atoms with Crippen LogP contribution in [0, 0.1) is 0 Å². The molecule has 0 aliphatic carbocycles. The summed E-state index contributed by atoms with van der Waals surface area (Å²) in [7, 11) is -3.50. The van der Waals surface area contributed by atoms with Gasteiger partial charge in [0, 0.05) is 30.7 Å². The van der Waals surface area contributed by atoms with Gasteiger partial charge in [0.05, 0.1) is 10.6 Å². The first-order chi connectivity index (χ1) is 12.4. The third kappa shape index (κ3) is 4.14. The maximum Gasteiger partial charge on any atom is 0.254 e. The van der Waals surface area contributed by atoms with Gasteiger partial charge in [-0.15, -0.1) is 0 Å². The van der Waals surface area contributed by atoms with Crippen molar-refractivity contribution in [1.82, 2.24) is 10.2 Å². The van der Waals surface area contributed by atoms with Gasteiger partial charge in [0.1, 0.15) is 0 Å². The van der Waals surface area contributed by atoms with Gasteiger partial charge in [0.25, 0.3) is 5.91 Å². The lowest BCUT2D eigenvalue weighted by Crippen LogP contribution is -2.55. The van der Waals surface area contributed by atoms with Gasteiger partial charge in [-0.2, -0.15) is 0 Å². The fourth-order valence-corrected chi connectivity index (χ4v) is 4.83. The largest absolute Gasteiger partial charge is 0.336 e. The van der Waals surface area contributed by atoms with Crippen molar-refractivity contribution < 1.29 is 13.2 Å². The first kappa shape index (κ1) is 18.6. The summed E-state index contributed by atoms with van der Waals surface area (Å²) in [6, 6.07) is 15.8. The van der Waals surface area contributed by atoms with Crippen molar-refractivity contribution in [2.45, 2.75) is 36.6 Å². The number of benzene rings is 2. The normalized spacial score (nSPS) is 20.8. The van der Waals surface area contributed by atoms with Gasteiger partial charge in [-0.05, 0) is 37.6 Å². The molecule has 26 heavy (non-hydrogen) atoms. The van der Waals surface area contributed by atoms with Crippen molar-refractivity contribution in [3.05, 3.63) is 65.7 Å². The Hall–Kier alpha value is -2.18. The number of hydrogen-bond acceptors (Lipinski definition) is 4. The summed E-state index contributed by atoms with van der Waals surface area (Å²) in [5.74, 6) is -0.292. The zero-order valence-electron chi connectivity index (χ0n) is 15.1. The van der Waals surface area contributed by atoms with Gasteiger partial charge in [-0.25, -0.2) is 8.42 Å². The molecule has 0 saturated carbocycles. The van der Waals surface area contributed by atoms with Crippen molar-refractivity contribution in [2.24, 2.45) is 0 Å². The molecule has 6 heteroatoms. The Morgan fingerprint density at radius 1 is 1.00 bits per heavy atom. The van der Waals surface area contributed by atoms with E-state index >= 15 is 0 Å². The van der Waals surface area contributed by atoms with E-state index in [4.69, 9.17) is 0 Å². The Bertz CT molecular complexity index is 871. The Morgan fingerprint density at radius 2 is 1.58 bits per heavy atom. The molecule has 1 aliphatic heterocycles. The number of nitrogens with zero attached hydrogens (tertiary/aromatic N) is 1. The number of nitrogens with one attached hydrogen (secondary N) is 1. The molecule has 1 aliphatic rings. The molecule has 0 aromatic heterocycles. The molecule has 1 amide bonds. The predicted octanol–water partition coefficient (Wildman–Crippen LogP) is 2.48. The first-order valence-corrected chi connectivity index (χ1v) is 10.4. The van der Waals surface area contributed by atoms with E-state index in [1.807, 2.05) is 13.8 Å². The predicted molar refractivity (Wildman–Crippen MR) is 102 cm³/mol. The molecule has 0 bridgehead atoms. The summed E-state index contributed by atoms with van der Waals surface area (Å²) in [5, 5.41) is 3.40. The number of hydrogen-bond donors (Lipinski definition) is 1. The molecule has 2 aromatic rings. The van der Waals surface area contributed by atoms with Gasteiger partial charge >= 0.3 is 0 Å². The Morgan fingerprint density at radius 3 is 2.23 bits per heavy atom. The lowest BCUT2D eigenvalue weighted by atomic mass is 10.1. The van der Waals surface area contributed by atoms with Crippen LogP contribution in [0.5, 0.6) is 0 Å². The van der Waals surface area contributed by atoms with Crippen molar-refractivity contribution in [1.29, 1.82) is 0 Å². The number of carbonyl (C=O) groups excluding carboxylic acids is 1. The lowest BCUT2D eigenvalue weighted by Gasteiger charge is -2.36. The van der Waals surface area contributed by atoms with Crippen LogP contribution in [0.4, 0.5) is 0 Å². The molecule has 1 fully saturated rings. The molecule has 1 heterocycles. The fourth-order valence-electron chi connectivity index (χ4n) is 3.43. The zero-order valence-corrected chi connectivity index (χ0v) is 15.9. The Balaban J connectivity index is 1.88. The van der Waals surface area contributed by atoms with Crippen LogP contribution in [-0.4, -0.2) is 44.4 Å². The van der Waals surface area contributed by atoms with E-state index in [0.717, 1.165) is 0 Å². The highest BCUT2D eigenvalue weighted by molar-refractivity contribution is 7.90. The fraction of sp³-hybridized carbons (Fsp3) is 0.350.